The third-order valence-corrected chi connectivity index (χ3v) is 3.73. The molecule has 1 fully saturated rings. The summed E-state index contributed by atoms with van der Waals surface area (Å²) in [5, 5.41) is 7.16. The van der Waals surface area contributed by atoms with Gasteiger partial charge in [-0.1, -0.05) is 0 Å². The Labute approximate surface area is 84.8 Å². The summed E-state index contributed by atoms with van der Waals surface area (Å²) in [6.45, 7) is 1.12. The Morgan fingerprint density at radius 3 is 2.79 bits per heavy atom. The van der Waals surface area contributed by atoms with Crippen LogP contribution in [0.5, 0.6) is 0 Å². The first-order valence-electron chi connectivity index (χ1n) is 4.67. The lowest BCUT2D eigenvalue weighted by molar-refractivity contribution is 0.272. The second-order valence-electron chi connectivity index (χ2n) is 3.86. The molecule has 0 amide bonds. The molecular formula is C8H17N3O2S. The molecule has 5 nitrogen and oxygen atoms in total. The smallest absolute Gasteiger partial charge is 0.211 e. The summed E-state index contributed by atoms with van der Waals surface area (Å²) in [6.07, 6.45) is 3.56. The predicted molar refractivity (Wildman–Crippen MR) is 55.7 cm³/mol. The third kappa shape index (κ3) is 3.26. The molecule has 1 heterocycles. The van der Waals surface area contributed by atoms with E-state index in [4.69, 9.17) is 11.1 Å². The first kappa shape index (κ1) is 11.5. The number of sulfonamides is 1. The fourth-order valence-electron chi connectivity index (χ4n) is 1.81. The standard InChI is InChI=1S/C8H17N3O2S/c1-14(12,13)11-4-2-3-7(6-11)5-8(9)10/h7H,2-6H2,1H3,(H3,9,10). The zero-order chi connectivity index (χ0) is 10.8. The molecule has 82 valence electrons. The highest BCUT2D eigenvalue weighted by atomic mass is 32.2. The number of nitrogens with one attached hydrogen (secondary N) is 1. The van der Waals surface area contributed by atoms with Gasteiger partial charge in [-0.2, -0.15) is 0 Å². The molecule has 1 aliphatic rings. The lowest BCUT2D eigenvalue weighted by Crippen LogP contribution is -2.40. The highest BCUT2D eigenvalue weighted by Gasteiger charge is 2.25. The van der Waals surface area contributed by atoms with Gasteiger partial charge in [-0.3, -0.25) is 5.41 Å². The van der Waals surface area contributed by atoms with E-state index < -0.39 is 10.0 Å². The zero-order valence-electron chi connectivity index (χ0n) is 8.36. The molecule has 0 saturated carbocycles. The van der Waals surface area contributed by atoms with Crippen LogP contribution in [0.3, 0.4) is 0 Å². The maximum atomic E-state index is 11.3. The number of hydrogen-bond donors (Lipinski definition) is 2. The van der Waals surface area contributed by atoms with Crippen LogP contribution in [0.25, 0.3) is 0 Å². The van der Waals surface area contributed by atoms with Gasteiger partial charge in [0.2, 0.25) is 10.0 Å². The van der Waals surface area contributed by atoms with E-state index in [1.165, 1.54) is 10.6 Å². The highest BCUT2D eigenvalue weighted by molar-refractivity contribution is 7.88. The molecule has 0 aromatic heterocycles. The van der Waals surface area contributed by atoms with Gasteiger partial charge in [0, 0.05) is 19.5 Å². The van der Waals surface area contributed by atoms with Crippen molar-refractivity contribution in [3.05, 3.63) is 0 Å². The molecule has 1 unspecified atom stereocenters. The van der Waals surface area contributed by atoms with E-state index in [0.717, 1.165) is 12.8 Å². The van der Waals surface area contributed by atoms with Crippen molar-refractivity contribution in [2.45, 2.75) is 19.3 Å². The van der Waals surface area contributed by atoms with E-state index in [1.54, 1.807) is 0 Å². The minimum atomic E-state index is -3.07. The van der Waals surface area contributed by atoms with Crippen LogP contribution >= 0.6 is 0 Å². The molecule has 6 heteroatoms. The van der Waals surface area contributed by atoms with Crippen molar-refractivity contribution in [1.82, 2.24) is 4.31 Å². The maximum Gasteiger partial charge on any atom is 0.211 e. The topological polar surface area (TPSA) is 87.2 Å². The van der Waals surface area contributed by atoms with Gasteiger partial charge >= 0.3 is 0 Å². The monoisotopic (exact) mass is 219 g/mol. The van der Waals surface area contributed by atoms with Gasteiger partial charge in [0.15, 0.2) is 0 Å². The van der Waals surface area contributed by atoms with Gasteiger partial charge in [-0.15, -0.1) is 0 Å². The fourth-order valence-corrected chi connectivity index (χ4v) is 2.75. The van der Waals surface area contributed by atoms with E-state index >= 15 is 0 Å². The fraction of sp³-hybridized carbons (Fsp3) is 0.875. The van der Waals surface area contributed by atoms with Crippen molar-refractivity contribution >= 4 is 15.9 Å². The summed E-state index contributed by atoms with van der Waals surface area (Å²) in [5.74, 6) is 0.362. The van der Waals surface area contributed by atoms with E-state index in [9.17, 15) is 8.42 Å². The maximum absolute atomic E-state index is 11.3. The highest BCUT2D eigenvalue weighted by Crippen LogP contribution is 2.20. The predicted octanol–water partition coefficient (Wildman–Crippen LogP) is -0.0159. The molecule has 3 N–H and O–H groups in total. The Hall–Kier alpha value is -0.620. The molecule has 0 spiro atoms. The van der Waals surface area contributed by atoms with Gasteiger partial charge in [-0.25, -0.2) is 12.7 Å². The van der Waals surface area contributed by atoms with Crippen LogP contribution < -0.4 is 5.73 Å². The summed E-state index contributed by atoms with van der Waals surface area (Å²) >= 11 is 0. The number of nitrogens with two attached hydrogens (primary N) is 1. The second-order valence-corrected chi connectivity index (χ2v) is 5.84. The molecule has 0 aliphatic carbocycles. The molecular weight excluding hydrogens is 202 g/mol. The molecule has 0 bridgehead atoms. The first-order valence-corrected chi connectivity index (χ1v) is 6.52. The minimum absolute atomic E-state index is 0.144. The number of piperidine rings is 1. The van der Waals surface area contributed by atoms with Crippen molar-refractivity contribution in [2.75, 3.05) is 19.3 Å². The SMILES string of the molecule is CS(=O)(=O)N1CCCC(CC(=N)N)C1. The average molecular weight is 219 g/mol. The van der Waals surface area contributed by atoms with Crippen LogP contribution in [-0.4, -0.2) is 37.9 Å². The van der Waals surface area contributed by atoms with Crippen LogP contribution in [0, 0.1) is 11.3 Å². The van der Waals surface area contributed by atoms with Crippen LogP contribution in [0.2, 0.25) is 0 Å². The molecule has 0 aromatic rings. The lowest BCUT2D eigenvalue weighted by Gasteiger charge is -2.30. The van der Waals surface area contributed by atoms with Crippen LogP contribution in [0.4, 0.5) is 0 Å². The number of nitrogens with zero attached hydrogens (tertiary/aromatic N) is 1. The van der Waals surface area contributed by atoms with Crippen molar-refractivity contribution in [1.29, 1.82) is 5.41 Å². The van der Waals surface area contributed by atoms with Crippen LogP contribution in [0.15, 0.2) is 0 Å². The molecule has 0 aromatic carbocycles. The number of hydrogen-bond acceptors (Lipinski definition) is 3. The largest absolute Gasteiger partial charge is 0.388 e. The van der Waals surface area contributed by atoms with E-state index in [2.05, 4.69) is 0 Å². The molecule has 1 aliphatic heterocycles. The summed E-state index contributed by atoms with van der Waals surface area (Å²) in [6, 6.07) is 0. The Bertz CT molecular complexity index is 313. The van der Waals surface area contributed by atoms with Crippen molar-refractivity contribution in [3.8, 4) is 0 Å². The molecule has 1 atom stereocenters. The van der Waals surface area contributed by atoms with Crippen molar-refractivity contribution < 1.29 is 8.42 Å². The Morgan fingerprint density at radius 2 is 2.29 bits per heavy atom. The number of rotatable bonds is 3. The van der Waals surface area contributed by atoms with Gasteiger partial charge in [0.1, 0.15) is 0 Å². The lowest BCUT2D eigenvalue weighted by atomic mass is 9.96. The number of amidine groups is 1. The van der Waals surface area contributed by atoms with Crippen molar-refractivity contribution in [2.24, 2.45) is 11.7 Å². The summed E-state index contributed by atoms with van der Waals surface area (Å²) in [4.78, 5) is 0. The second kappa shape index (κ2) is 4.27. The molecule has 0 radical (unpaired) electrons. The summed E-state index contributed by atoms with van der Waals surface area (Å²) < 4.78 is 24.0. The molecule has 1 saturated heterocycles. The third-order valence-electron chi connectivity index (χ3n) is 2.46. The molecule has 14 heavy (non-hydrogen) atoms. The Morgan fingerprint density at radius 1 is 1.64 bits per heavy atom. The zero-order valence-corrected chi connectivity index (χ0v) is 9.18. The van der Waals surface area contributed by atoms with E-state index in [0.29, 0.717) is 19.5 Å². The summed E-state index contributed by atoms with van der Waals surface area (Å²) in [7, 11) is -3.07. The minimum Gasteiger partial charge on any atom is -0.388 e. The first-order chi connectivity index (χ1) is 6.39. The van der Waals surface area contributed by atoms with Crippen molar-refractivity contribution in [3.63, 3.8) is 0 Å². The Balaban J connectivity index is 2.56. The quantitative estimate of drug-likeness (QED) is 0.516. The average Bonchev–Trinajstić information content (AvgIpc) is 2.01. The Kier molecular flexibility index (Phi) is 3.49. The van der Waals surface area contributed by atoms with Gasteiger partial charge in [0.05, 0.1) is 12.1 Å². The van der Waals surface area contributed by atoms with Gasteiger partial charge in [0.25, 0.3) is 0 Å². The van der Waals surface area contributed by atoms with Crippen LogP contribution in [-0.2, 0) is 10.0 Å². The van der Waals surface area contributed by atoms with Gasteiger partial charge in [-0.05, 0) is 18.8 Å². The van der Waals surface area contributed by atoms with Gasteiger partial charge < -0.3 is 5.73 Å². The van der Waals surface area contributed by atoms with Crippen LogP contribution in [0.1, 0.15) is 19.3 Å². The molecule has 1 rings (SSSR count). The van der Waals surface area contributed by atoms with E-state index in [1.807, 2.05) is 0 Å². The van der Waals surface area contributed by atoms with E-state index in [-0.39, 0.29) is 11.8 Å². The normalized spacial score (nSPS) is 24.8. The summed E-state index contributed by atoms with van der Waals surface area (Å²) in [5.41, 5.74) is 5.29.